The van der Waals surface area contributed by atoms with Crippen molar-refractivity contribution < 1.29 is 18.3 Å². The lowest BCUT2D eigenvalue weighted by Crippen LogP contribution is -2.05. The van der Waals surface area contributed by atoms with Crippen LogP contribution in [0.2, 0.25) is 0 Å². The molecule has 0 fully saturated rings. The van der Waals surface area contributed by atoms with E-state index >= 15 is 0 Å². The second-order valence-corrected chi connectivity index (χ2v) is 4.78. The normalized spacial score (nSPS) is 13.8. The highest BCUT2D eigenvalue weighted by molar-refractivity contribution is 7.99. The molecule has 0 radical (unpaired) electrons. The molecule has 0 aliphatic heterocycles. The molecule has 0 spiro atoms. The number of rotatable bonds is 4. The van der Waals surface area contributed by atoms with Crippen molar-refractivity contribution in [1.82, 2.24) is 4.98 Å². The SMILES string of the molecule is CC(CCO)Sc1ccc(C(F)(F)F)cn1. The molecule has 0 amide bonds. The maximum absolute atomic E-state index is 12.2. The van der Waals surface area contributed by atoms with E-state index in [2.05, 4.69) is 4.98 Å². The van der Waals surface area contributed by atoms with Gasteiger partial charge in [-0.2, -0.15) is 13.2 Å². The highest BCUT2D eigenvalue weighted by Gasteiger charge is 2.30. The van der Waals surface area contributed by atoms with E-state index in [4.69, 9.17) is 5.11 Å². The maximum atomic E-state index is 12.2. The molecule has 0 saturated carbocycles. The molecule has 0 bridgehead atoms. The van der Waals surface area contributed by atoms with Gasteiger partial charge in [0.1, 0.15) is 0 Å². The van der Waals surface area contributed by atoms with Crippen LogP contribution in [0.15, 0.2) is 23.4 Å². The molecule has 0 aromatic carbocycles. The number of alkyl halides is 3. The summed E-state index contributed by atoms with van der Waals surface area (Å²) in [6, 6.07) is 2.36. The van der Waals surface area contributed by atoms with Crippen molar-refractivity contribution in [3.63, 3.8) is 0 Å². The summed E-state index contributed by atoms with van der Waals surface area (Å²) in [6.45, 7) is 1.95. The fourth-order valence-corrected chi connectivity index (χ4v) is 1.96. The number of hydrogen-bond acceptors (Lipinski definition) is 3. The first-order valence-corrected chi connectivity index (χ1v) is 5.62. The molecule has 1 heterocycles. The Morgan fingerprint density at radius 1 is 1.44 bits per heavy atom. The highest BCUT2D eigenvalue weighted by Crippen LogP contribution is 2.30. The van der Waals surface area contributed by atoms with Crippen LogP contribution in [0.1, 0.15) is 18.9 Å². The van der Waals surface area contributed by atoms with Crippen LogP contribution >= 0.6 is 11.8 Å². The molecule has 6 heteroatoms. The second-order valence-electron chi connectivity index (χ2n) is 3.32. The fourth-order valence-electron chi connectivity index (χ4n) is 1.06. The predicted octanol–water partition coefficient (Wildman–Crippen LogP) is 2.96. The minimum atomic E-state index is -4.34. The molecule has 1 aromatic rings. The van der Waals surface area contributed by atoms with Gasteiger partial charge in [0.05, 0.1) is 10.6 Å². The number of aliphatic hydroxyl groups excluding tert-OH is 1. The Hall–Kier alpha value is -0.750. The summed E-state index contributed by atoms with van der Waals surface area (Å²) in [5.41, 5.74) is -0.744. The number of aliphatic hydroxyl groups is 1. The van der Waals surface area contributed by atoms with Gasteiger partial charge in [0.2, 0.25) is 0 Å². The topological polar surface area (TPSA) is 33.1 Å². The van der Waals surface area contributed by atoms with Crippen LogP contribution in [0.25, 0.3) is 0 Å². The van der Waals surface area contributed by atoms with Crippen LogP contribution in [0.4, 0.5) is 13.2 Å². The summed E-state index contributed by atoms with van der Waals surface area (Å²) in [4.78, 5) is 3.73. The Morgan fingerprint density at radius 2 is 2.12 bits per heavy atom. The lowest BCUT2D eigenvalue weighted by atomic mass is 10.3. The molecule has 90 valence electrons. The molecule has 0 aliphatic carbocycles. The van der Waals surface area contributed by atoms with Crippen LogP contribution in [-0.2, 0) is 6.18 Å². The standard InChI is InChI=1S/C10H12F3NOS/c1-7(4-5-15)16-9-3-2-8(6-14-9)10(11,12)13/h2-3,6-7,15H,4-5H2,1H3. The summed E-state index contributed by atoms with van der Waals surface area (Å²) in [5, 5.41) is 9.35. The van der Waals surface area contributed by atoms with Crippen molar-refractivity contribution in [2.24, 2.45) is 0 Å². The second kappa shape index (κ2) is 5.54. The van der Waals surface area contributed by atoms with Gasteiger partial charge in [-0.1, -0.05) is 6.92 Å². The van der Waals surface area contributed by atoms with Gasteiger partial charge in [0.25, 0.3) is 0 Å². The predicted molar refractivity (Wildman–Crippen MR) is 56.3 cm³/mol. The van der Waals surface area contributed by atoms with Crippen molar-refractivity contribution in [1.29, 1.82) is 0 Å². The first-order chi connectivity index (χ1) is 7.43. The smallest absolute Gasteiger partial charge is 0.396 e. The lowest BCUT2D eigenvalue weighted by Gasteiger charge is -2.10. The van der Waals surface area contributed by atoms with Crippen LogP contribution in [0, 0.1) is 0 Å². The Balaban J connectivity index is 2.65. The van der Waals surface area contributed by atoms with Crippen LogP contribution in [0.3, 0.4) is 0 Å². The van der Waals surface area contributed by atoms with Gasteiger partial charge in [0, 0.05) is 18.1 Å². The molecule has 2 nitrogen and oxygen atoms in total. The van der Waals surface area contributed by atoms with Crippen molar-refractivity contribution in [2.45, 2.75) is 29.8 Å². The fraction of sp³-hybridized carbons (Fsp3) is 0.500. The summed E-state index contributed by atoms with van der Waals surface area (Å²) in [7, 11) is 0. The van der Waals surface area contributed by atoms with Gasteiger partial charge in [-0.05, 0) is 18.6 Å². The first-order valence-electron chi connectivity index (χ1n) is 4.74. The van der Waals surface area contributed by atoms with Crippen molar-refractivity contribution in [2.75, 3.05) is 6.61 Å². The molecule has 1 rings (SSSR count). The van der Waals surface area contributed by atoms with E-state index in [9.17, 15) is 13.2 Å². The van der Waals surface area contributed by atoms with Gasteiger partial charge in [-0.3, -0.25) is 0 Å². The third kappa shape index (κ3) is 4.02. The van der Waals surface area contributed by atoms with Gasteiger partial charge >= 0.3 is 6.18 Å². The zero-order valence-electron chi connectivity index (χ0n) is 8.66. The van der Waals surface area contributed by atoms with Crippen molar-refractivity contribution in [3.05, 3.63) is 23.9 Å². The number of nitrogens with zero attached hydrogens (tertiary/aromatic N) is 1. The summed E-state index contributed by atoms with van der Waals surface area (Å²) in [5.74, 6) is 0. The van der Waals surface area contributed by atoms with Crippen LogP contribution in [-0.4, -0.2) is 21.9 Å². The molecule has 0 saturated heterocycles. The average Bonchev–Trinajstić information content (AvgIpc) is 2.17. The minimum absolute atomic E-state index is 0.0643. The van der Waals surface area contributed by atoms with Gasteiger partial charge < -0.3 is 5.11 Å². The Bertz CT molecular complexity index is 326. The summed E-state index contributed by atoms with van der Waals surface area (Å²) in [6.07, 6.45) is -2.92. The van der Waals surface area contributed by atoms with E-state index in [0.717, 1.165) is 12.3 Å². The molecule has 1 unspecified atom stereocenters. The van der Waals surface area contributed by atoms with E-state index in [1.54, 1.807) is 0 Å². The zero-order chi connectivity index (χ0) is 12.2. The quantitative estimate of drug-likeness (QED) is 0.835. The van der Waals surface area contributed by atoms with Crippen molar-refractivity contribution >= 4 is 11.8 Å². The third-order valence-electron chi connectivity index (χ3n) is 1.92. The number of thioether (sulfide) groups is 1. The van der Waals surface area contributed by atoms with E-state index in [1.807, 2.05) is 6.92 Å². The van der Waals surface area contributed by atoms with Crippen molar-refractivity contribution in [3.8, 4) is 0 Å². The summed E-state index contributed by atoms with van der Waals surface area (Å²) >= 11 is 1.35. The lowest BCUT2D eigenvalue weighted by molar-refractivity contribution is -0.137. The zero-order valence-corrected chi connectivity index (χ0v) is 9.48. The van der Waals surface area contributed by atoms with Crippen LogP contribution in [0.5, 0.6) is 0 Å². The van der Waals surface area contributed by atoms with Gasteiger partial charge in [-0.15, -0.1) is 11.8 Å². The molecule has 1 atom stereocenters. The molecular weight excluding hydrogens is 239 g/mol. The Morgan fingerprint density at radius 3 is 2.56 bits per heavy atom. The number of aromatic nitrogens is 1. The molecule has 16 heavy (non-hydrogen) atoms. The highest BCUT2D eigenvalue weighted by atomic mass is 32.2. The summed E-state index contributed by atoms with van der Waals surface area (Å²) < 4.78 is 36.7. The van der Waals surface area contributed by atoms with E-state index < -0.39 is 11.7 Å². The number of halogens is 3. The molecule has 1 aromatic heterocycles. The first kappa shape index (κ1) is 13.3. The third-order valence-corrected chi connectivity index (χ3v) is 3.04. The molecular formula is C10H12F3NOS. The van der Waals surface area contributed by atoms with E-state index in [0.29, 0.717) is 11.4 Å². The largest absolute Gasteiger partial charge is 0.417 e. The Labute approximate surface area is 95.9 Å². The van der Waals surface area contributed by atoms with Gasteiger partial charge in [0.15, 0.2) is 0 Å². The molecule has 0 aliphatic rings. The monoisotopic (exact) mass is 251 g/mol. The van der Waals surface area contributed by atoms with Crippen LogP contribution < -0.4 is 0 Å². The van der Waals surface area contributed by atoms with E-state index in [-0.39, 0.29) is 11.9 Å². The van der Waals surface area contributed by atoms with E-state index in [1.165, 1.54) is 17.8 Å². The number of hydrogen-bond donors (Lipinski definition) is 1. The Kier molecular flexibility index (Phi) is 4.61. The number of pyridine rings is 1. The molecule has 1 N–H and O–H groups in total. The maximum Gasteiger partial charge on any atom is 0.417 e. The average molecular weight is 251 g/mol. The minimum Gasteiger partial charge on any atom is -0.396 e. The van der Waals surface area contributed by atoms with Gasteiger partial charge in [-0.25, -0.2) is 4.98 Å².